The summed E-state index contributed by atoms with van der Waals surface area (Å²) >= 11 is 1.41. The highest BCUT2D eigenvalue weighted by Crippen LogP contribution is 2.33. The summed E-state index contributed by atoms with van der Waals surface area (Å²) in [6.45, 7) is 0.594. The van der Waals surface area contributed by atoms with Crippen molar-refractivity contribution in [3.8, 4) is 5.75 Å². The lowest BCUT2D eigenvalue weighted by atomic mass is 10.1. The van der Waals surface area contributed by atoms with Gasteiger partial charge in [0.25, 0.3) is 0 Å². The highest BCUT2D eigenvalue weighted by atomic mass is 32.1. The van der Waals surface area contributed by atoms with Gasteiger partial charge in [-0.25, -0.2) is 4.68 Å². The molecule has 0 saturated heterocycles. The van der Waals surface area contributed by atoms with Crippen LogP contribution in [-0.2, 0) is 20.9 Å². The summed E-state index contributed by atoms with van der Waals surface area (Å²) in [5.41, 5.74) is 1.96. The lowest BCUT2D eigenvalue weighted by Crippen LogP contribution is -2.45. The second-order valence-electron chi connectivity index (χ2n) is 7.40. The quantitative estimate of drug-likeness (QED) is 0.351. The van der Waals surface area contributed by atoms with Crippen LogP contribution in [0.2, 0.25) is 0 Å². The van der Waals surface area contributed by atoms with Crippen molar-refractivity contribution < 1.29 is 19.1 Å². The average Bonchev–Trinajstić information content (AvgIpc) is 3.53. The number of aromatic nitrogens is 3. The number of methoxy groups -OCH3 is 2. The number of para-hydroxylation sites is 1. The highest BCUT2D eigenvalue weighted by molar-refractivity contribution is 7.10. The second kappa shape index (κ2) is 10.9. The molecule has 0 fully saturated rings. The van der Waals surface area contributed by atoms with Gasteiger partial charge in [0.1, 0.15) is 23.9 Å². The molecule has 2 aromatic carbocycles. The molecule has 9 nitrogen and oxygen atoms in total. The van der Waals surface area contributed by atoms with Crippen molar-refractivity contribution in [1.82, 2.24) is 20.3 Å². The zero-order chi connectivity index (χ0) is 23.9. The molecule has 2 heterocycles. The standard InChI is InChI=1S/C24H25N5O4S/c1-32-13-12-25-24(31)23(21-11-6-14-34-21)29(17-7-5-8-18(15-17)33-2)22(30)16-28-20-10-4-3-9-19(20)26-27-28/h3-11,14-15,23H,12-13,16H2,1-2H3,(H,25,31). The van der Waals surface area contributed by atoms with Crippen LogP contribution in [0.25, 0.3) is 11.0 Å². The Morgan fingerprint density at radius 1 is 1.12 bits per heavy atom. The monoisotopic (exact) mass is 479 g/mol. The van der Waals surface area contributed by atoms with Crippen LogP contribution >= 0.6 is 11.3 Å². The summed E-state index contributed by atoms with van der Waals surface area (Å²) in [5, 5.41) is 13.1. The van der Waals surface area contributed by atoms with E-state index in [4.69, 9.17) is 9.47 Å². The molecule has 34 heavy (non-hydrogen) atoms. The summed E-state index contributed by atoms with van der Waals surface area (Å²) in [4.78, 5) is 29.4. The fourth-order valence-electron chi connectivity index (χ4n) is 3.63. The van der Waals surface area contributed by atoms with Crippen LogP contribution in [0.3, 0.4) is 0 Å². The average molecular weight is 480 g/mol. The number of nitrogens with one attached hydrogen (secondary N) is 1. The topological polar surface area (TPSA) is 98.6 Å². The molecule has 0 aliphatic heterocycles. The van der Waals surface area contributed by atoms with Crippen LogP contribution in [-0.4, -0.2) is 54.2 Å². The number of amides is 2. The van der Waals surface area contributed by atoms with Gasteiger partial charge in [0.15, 0.2) is 0 Å². The first-order valence-electron chi connectivity index (χ1n) is 10.7. The van der Waals surface area contributed by atoms with E-state index in [2.05, 4.69) is 15.6 Å². The van der Waals surface area contributed by atoms with Gasteiger partial charge in [-0.05, 0) is 35.7 Å². The molecular formula is C24H25N5O4S. The predicted octanol–water partition coefficient (Wildman–Crippen LogP) is 3.04. The van der Waals surface area contributed by atoms with Gasteiger partial charge in [0.05, 0.1) is 19.2 Å². The molecular weight excluding hydrogens is 454 g/mol. The Hall–Kier alpha value is -3.76. The molecule has 1 unspecified atom stereocenters. The zero-order valence-electron chi connectivity index (χ0n) is 18.9. The Morgan fingerprint density at radius 2 is 1.97 bits per heavy atom. The Kier molecular flexibility index (Phi) is 7.51. The summed E-state index contributed by atoms with van der Waals surface area (Å²) in [7, 11) is 3.12. The highest BCUT2D eigenvalue weighted by Gasteiger charge is 2.34. The molecule has 10 heteroatoms. The summed E-state index contributed by atoms with van der Waals surface area (Å²) in [6.07, 6.45) is 0. The maximum atomic E-state index is 13.8. The Labute approximate surface area is 200 Å². The summed E-state index contributed by atoms with van der Waals surface area (Å²) in [5.74, 6) is -0.0467. The van der Waals surface area contributed by atoms with E-state index in [-0.39, 0.29) is 18.4 Å². The van der Waals surface area contributed by atoms with Crippen LogP contribution in [0.15, 0.2) is 66.0 Å². The Balaban J connectivity index is 1.75. The first-order valence-corrected chi connectivity index (χ1v) is 11.5. The molecule has 0 aliphatic rings. The molecule has 2 amide bonds. The fraction of sp³-hybridized carbons (Fsp3) is 0.250. The number of thiophene rings is 1. The minimum atomic E-state index is -0.883. The van der Waals surface area contributed by atoms with Crippen LogP contribution in [0, 0.1) is 0 Å². The van der Waals surface area contributed by atoms with Gasteiger partial charge in [0, 0.05) is 30.3 Å². The molecule has 1 N–H and O–H groups in total. The Morgan fingerprint density at radius 3 is 2.74 bits per heavy atom. The largest absolute Gasteiger partial charge is 0.497 e. The predicted molar refractivity (Wildman–Crippen MR) is 130 cm³/mol. The first kappa shape index (κ1) is 23.4. The number of carbonyl (C=O) groups is 2. The number of carbonyl (C=O) groups excluding carboxylic acids is 2. The van der Waals surface area contributed by atoms with Crippen molar-refractivity contribution in [2.75, 3.05) is 32.3 Å². The van der Waals surface area contributed by atoms with Gasteiger partial charge in [-0.3, -0.25) is 14.5 Å². The van der Waals surface area contributed by atoms with Gasteiger partial charge >= 0.3 is 0 Å². The SMILES string of the molecule is COCCNC(=O)C(c1cccs1)N(C(=O)Cn1nnc2ccccc21)c1cccc(OC)c1. The maximum Gasteiger partial charge on any atom is 0.249 e. The second-order valence-corrected chi connectivity index (χ2v) is 8.38. The molecule has 0 spiro atoms. The van der Waals surface area contributed by atoms with Crippen molar-refractivity contribution in [3.05, 3.63) is 70.9 Å². The molecule has 176 valence electrons. The van der Waals surface area contributed by atoms with E-state index >= 15 is 0 Å². The normalized spacial score (nSPS) is 11.8. The Bertz CT molecular complexity index is 1260. The van der Waals surface area contributed by atoms with E-state index in [9.17, 15) is 9.59 Å². The van der Waals surface area contributed by atoms with Gasteiger partial charge in [0.2, 0.25) is 11.8 Å². The van der Waals surface area contributed by atoms with Crippen molar-refractivity contribution in [2.24, 2.45) is 0 Å². The number of anilines is 1. The third kappa shape index (κ3) is 5.08. The molecule has 0 aliphatic carbocycles. The molecule has 4 aromatic rings. The number of nitrogens with zero attached hydrogens (tertiary/aromatic N) is 4. The van der Waals surface area contributed by atoms with E-state index in [1.165, 1.54) is 16.2 Å². The molecule has 0 saturated carbocycles. The van der Waals surface area contributed by atoms with Crippen molar-refractivity contribution >= 4 is 39.9 Å². The lowest BCUT2D eigenvalue weighted by Gasteiger charge is -2.31. The molecule has 0 radical (unpaired) electrons. The van der Waals surface area contributed by atoms with Crippen LogP contribution in [0.1, 0.15) is 10.9 Å². The minimum Gasteiger partial charge on any atom is -0.497 e. The first-order chi connectivity index (χ1) is 16.6. The number of ether oxygens (including phenoxy) is 2. The molecule has 1 atom stereocenters. The van der Waals surface area contributed by atoms with Gasteiger partial charge < -0.3 is 14.8 Å². The zero-order valence-corrected chi connectivity index (χ0v) is 19.7. The van der Waals surface area contributed by atoms with E-state index in [1.54, 1.807) is 43.2 Å². The number of hydrogen-bond donors (Lipinski definition) is 1. The maximum absolute atomic E-state index is 13.8. The van der Waals surface area contributed by atoms with Gasteiger partial charge in [-0.2, -0.15) is 0 Å². The van der Waals surface area contributed by atoms with E-state index in [1.807, 2.05) is 41.8 Å². The number of rotatable bonds is 10. The van der Waals surface area contributed by atoms with E-state index in [0.717, 1.165) is 10.4 Å². The van der Waals surface area contributed by atoms with Crippen LogP contribution in [0.4, 0.5) is 5.69 Å². The smallest absolute Gasteiger partial charge is 0.249 e. The molecule has 0 bridgehead atoms. The fourth-order valence-corrected chi connectivity index (χ4v) is 4.44. The van der Waals surface area contributed by atoms with Crippen molar-refractivity contribution in [3.63, 3.8) is 0 Å². The minimum absolute atomic E-state index is 0.0923. The van der Waals surface area contributed by atoms with Crippen LogP contribution < -0.4 is 15.0 Å². The lowest BCUT2D eigenvalue weighted by molar-refractivity contribution is -0.127. The van der Waals surface area contributed by atoms with Crippen molar-refractivity contribution in [2.45, 2.75) is 12.6 Å². The number of benzene rings is 2. The van der Waals surface area contributed by atoms with Gasteiger partial charge in [-0.1, -0.05) is 29.5 Å². The van der Waals surface area contributed by atoms with Crippen LogP contribution in [0.5, 0.6) is 5.75 Å². The van der Waals surface area contributed by atoms with E-state index in [0.29, 0.717) is 30.1 Å². The third-order valence-electron chi connectivity index (χ3n) is 5.23. The van der Waals surface area contributed by atoms with Crippen molar-refractivity contribution in [1.29, 1.82) is 0 Å². The molecule has 4 rings (SSSR count). The van der Waals surface area contributed by atoms with Gasteiger partial charge in [-0.15, -0.1) is 16.4 Å². The third-order valence-corrected chi connectivity index (χ3v) is 6.15. The summed E-state index contributed by atoms with van der Waals surface area (Å²) < 4.78 is 12.0. The number of fused-ring (bicyclic) bond motifs is 1. The molecule has 2 aromatic heterocycles. The van der Waals surface area contributed by atoms with E-state index < -0.39 is 6.04 Å². The number of hydrogen-bond acceptors (Lipinski definition) is 7. The summed E-state index contributed by atoms with van der Waals surface area (Å²) in [6, 6.07) is 17.3.